The van der Waals surface area contributed by atoms with E-state index in [2.05, 4.69) is 12.2 Å². The number of nitrogens with one attached hydrogen (secondary N) is 1. The molecule has 84 valence electrons. The molecule has 0 bridgehead atoms. The number of hydrogen-bond acceptors (Lipinski definition) is 2. The number of carbonyl (C=O) groups is 1. The summed E-state index contributed by atoms with van der Waals surface area (Å²) in [6, 6.07) is 2.01. The Morgan fingerprint density at radius 2 is 2.20 bits per heavy atom. The van der Waals surface area contributed by atoms with Crippen molar-refractivity contribution < 1.29 is 4.79 Å². The molecule has 2 atom stereocenters. The Hall–Kier alpha value is -1.04. The molecule has 0 aromatic carbocycles. The summed E-state index contributed by atoms with van der Waals surface area (Å²) in [5.41, 5.74) is -0.899. The summed E-state index contributed by atoms with van der Waals surface area (Å²) in [5.74, 6) is 1.25. The Kier molecular flexibility index (Phi) is 3.73. The molecule has 0 aromatic heterocycles. The zero-order valence-corrected chi connectivity index (χ0v) is 9.84. The first-order valence-corrected chi connectivity index (χ1v) is 5.65. The van der Waals surface area contributed by atoms with Crippen molar-refractivity contribution in [2.75, 3.05) is 6.54 Å². The molecular formula is C12H20N2O. The molecule has 0 saturated heterocycles. The Balaban J connectivity index is 2.32. The van der Waals surface area contributed by atoms with Crippen LogP contribution < -0.4 is 5.32 Å². The first-order chi connectivity index (χ1) is 6.95. The third-order valence-corrected chi connectivity index (χ3v) is 3.20. The molecule has 1 saturated carbocycles. The van der Waals surface area contributed by atoms with Crippen LogP contribution in [0.2, 0.25) is 0 Å². The van der Waals surface area contributed by atoms with Gasteiger partial charge >= 0.3 is 0 Å². The van der Waals surface area contributed by atoms with Gasteiger partial charge in [0.25, 0.3) is 0 Å². The minimum atomic E-state index is -0.899. The maximum absolute atomic E-state index is 11.6. The van der Waals surface area contributed by atoms with Crippen molar-refractivity contribution in [3.63, 3.8) is 0 Å². The minimum Gasteiger partial charge on any atom is -0.354 e. The van der Waals surface area contributed by atoms with Crippen LogP contribution in [0, 0.1) is 28.6 Å². The predicted octanol–water partition coefficient (Wildman–Crippen LogP) is 2.09. The van der Waals surface area contributed by atoms with Crippen LogP contribution in [0.25, 0.3) is 0 Å². The fourth-order valence-corrected chi connectivity index (χ4v) is 2.02. The molecule has 1 rings (SSSR count). The third kappa shape index (κ3) is 3.23. The van der Waals surface area contributed by atoms with Gasteiger partial charge in [0, 0.05) is 6.54 Å². The fraction of sp³-hybridized carbons (Fsp3) is 0.833. The van der Waals surface area contributed by atoms with Crippen molar-refractivity contribution in [1.82, 2.24) is 5.32 Å². The highest BCUT2D eigenvalue weighted by Crippen LogP contribution is 2.29. The largest absolute Gasteiger partial charge is 0.354 e. The van der Waals surface area contributed by atoms with E-state index in [0.29, 0.717) is 5.92 Å². The lowest BCUT2D eigenvalue weighted by molar-refractivity contribution is -0.126. The molecule has 2 unspecified atom stereocenters. The van der Waals surface area contributed by atoms with Crippen molar-refractivity contribution in [2.24, 2.45) is 17.3 Å². The van der Waals surface area contributed by atoms with Gasteiger partial charge in [0.15, 0.2) is 0 Å². The van der Waals surface area contributed by atoms with Crippen molar-refractivity contribution in [3.8, 4) is 6.07 Å². The molecular weight excluding hydrogens is 188 g/mol. The van der Waals surface area contributed by atoms with Crippen LogP contribution in [-0.2, 0) is 4.79 Å². The summed E-state index contributed by atoms with van der Waals surface area (Å²) in [6.45, 7) is 6.29. The number of hydrogen-bond donors (Lipinski definition) is 1. The van der Waals surface area contributed by atoms with E-state index in [0.717, 1.165) is 12.5 Å². The maximum atomic E-state index is 11.6. The summed E-state index contributed by atoms with van der Waals surface area (Å²) in [4.78, 5) is 11.6. The van der Waals surface area contributed by atoms with Crippen molar-refractivity contribution in [2.45, 2.75) is 40.0 Å². The van der Waals surface area contributed by atoms with E-state index < -0.39 is 5.41 Å². The topological polar surface area (TPSA) is 52.9 Å². The van der Waals surface area contributed by atoms with Gasteiger partial charge in [-0.25, -0.2) is 0 Å². The quantitative estimate of drug-likeness (QED) is 0.772. The Bertz CT molecular complexity index is 278. The lowest BCUT2D eigenvalue weighted by Gasteiger charge is -2.17. The molecule has 0 spiro atoms. The molecule has 0 radical (unpaired) electrons. The molecule has 0 aliphatic heterocycles. The molecule has 1 amide bonds. The van der Waals surface area contributed by atoms with Crippen LogP contribution >= 0.6 is 0 Å². The third-order valence-electron chi connectivity index (χ3n) is 3.20. The van der Waals surface area contributed by atoms with Crippen LogP contribution in [0.4, 0.5) is 0 Å². The molecule has 1 aliphatic rings. The summed E-state index contributed by atoms with van der Waals surface area (Å²) >= 11 is 0. The lowest BCUT2D eigenvalue weighted by atomic mass is 9.94. The Morgan fingerprint density at radius 3 is 2.67 bits per heavy atom. The smallest absolute Gasteiger partial charge is 0.239 e. The highest BCUT2D eigenvalue weighted by atomic mass is 16.2. The minimum absolute atomic E-state index is 0.149. The number of rotatable bonds is 3. The van der Waals surface area contributed by atoms with Crippen molar-refractivity contribution in [1.29, 1.82) is 5.26 Å². The average Bonchev–Trinajstić information content (AvgIpc) is 2.60. The lowest BCUT2D eigenvalue weighted by Crippen LogP contribution is -2.38. The van der Waals surface area contributed by atoms with Gasteiger partial charge in [0.2, 0.25) is 5.91 Å². The molecule has 3 nitrogen and oxygen atoms in total. The second-order valence-electron chi connectivity index (χ2n) is 5.23. The summed E-state index contributed by atoms with van der Waals surface area (Å²) in [5, 5.41) is 11.7. The molecule has 0 aromatic rings. The molecule has 1 aliphatic carbocycles. The summed E-state index contributed by atoms with van der Waals surface area (Å²) < 4.78 is 0. The molecule has 0 heterocycles. The standard InChI is InChI=1S/C12H20N2O/c1-9-4-5-10(6-9)7-14-11(15)12(2,3)8-13/h9-10H,4-7H2,1-3H3,(H,14,15). The van der Waals surface area contributed by atoms with Crippen molar-refractivity contribution in [3.05, 3.63) is 0 Å². The number of nitrogens with zero attached hydrogens (tertiary/aromatic N) is 1. The van der Waals surface area contributed by atoms with Gasteiger partial charge in [-0.2, -0.15) is 5.26 Å². The van der Waals surface area contributed by atoms with E-state index in [-0.39, 0.29) is 5.91 Å². The van der Waals surface area contributed by atoms with E-state index in [9.17, 15) is 4.79 Å². The van der Waals surface area contributed by atoms with E-state index in [1.165, 1.54) is 19.3 Å². The molecule has 1 N–H and O–H groups in total. The van der Waals surface area contributed by atoms with E-state index in [1.54, 1.807) is 13.8 Å². The first-order valence-electron chi connectivity index (χ1n) is 5.65. The summed E-state index contributed by atoms with van der Waals surface area (Å²) in [7, 11) is 0. The molecule has 3 heteroatoms. The Morgan fingerprint density at radius 1 is 1.53 bits per heavy atom. The van der Waals surface area contributed by atoms with Gasteiger partial charge in [-0.15, -0.1) is 0 Å². The summed E-state index contributed by atoms with van der Waals surface area (Å²) in [6.07, 6.45) is 3.67. The van der Waals surface area contributed by atoms with Gasteiger partial charge in [-0.05, 0) is 38.5 Å². The van der Waals surface area contributed by atoms with Crippen LogP contribution in [-0.4, -0.2) is 12.5 Å². The predicted molar refractivity (Wildman–Crippen MR) is 58.9 cm³/mol. The number of amides is 1. The van der Waals surface area contributed by atoms with Crippen LogP contribution in [0.15, 0.2) is 0 Å². The highest BCUT2D eigenvalue weighted by Gasteiger charge is 2.28. The molecule has 15 heavy (non-hydrogen) atoms. The van der Waals surface area contributed by atoms with E-state index >= 15 is 0 Å². The average molecular weight is 208 g/mol. The van der Waals surface area contributed by atoms with E-state index in [4.69, 9.17) is 5.26 Å². The van der Waals surface area contributed by atoms with Gasteiger partial charge < -0.3 is 5.32 Å². The second kappa shape index (κ2) is 4.65. The van der Waals surface area contributed by atoms with Crippen LogP contribution in [0.5, 0.6) is 0 Å². The van der Waals surface area contributed by atoms with Gasteiger partial charge in [0.1, 0.15) is 5.41 Å². The van der Waals surface area contributed by atoms with E-state index in [1.807, 2.05) is 6.07 Å². The fourth-order valence-electron chi connectivity index (χ4n) is 2.02. The monoisotopic (exact) mass is 208 g/mol. The SMILES string of the molecule is CC1CCC(CNC(=O)C(C)(C)C#N)C1. The van der Waals surface area contributed by atoms with Crippen LogP contribution in [0.3, 0.4) is 0 Å². The van der Waals surface area contributed by atoms with Gasteiger partial charge in [-0.3, -0.25) is 4.79 Å². The zero-order chi connectivity index (χ0) is 11.5. The highest BCUT2D eigenvalue weighted by molar-refractivity contribution is 5.84. The Labute approximate surface area is 91.9 Å². The normalized spacial score (nSPS) is 26.0. The number of carbonyl (C=O) groups excluding carboxylic acids is 1. The zero-order valence-electron chi connectivity index (χ0n) is 9.84. The number of nitriles is 1. The second-order valence-corrected chi connectivity index (χ2v) is 5.23. The van der Waals surface area contributed by atoms with Crippen molar-refractivity contribution >= 4 is 5.91 Å². The maximum Gasteiger partial charge on any atom is 0.239 e. The van der Waals surface area contributed by atoms with Gasteiger partial charge in [-0.1, -0.05) is 13.3 Å². The first kappa shape index (κ1) is 12.0. The van der Waals surface area contributed by atoms with Gasteiger partial charge in [0.05, 0.1) is 6.07 Å². The van der Waals surface area contributed by atoms with Crippen LogP contribution in [0.1, 0.15) is 40.0 Å². The molecule has 1 fully saturated rings.